The van der Waals surface area contributed by atoms with Crippen LogP contribution in [0.3, 0.4) is 0 Å². The molecule has 6 nitrogen and oxygen atoms in total. The zero-order valence-electron chi connectivity index (χ0n) is 17.5. The number of rotatable bonds is 9. The van der Waals surface area contributed by atoms with Crippen molar-refractivity contribution in [3.63, 3.8) is 0 Å². The number of thiocarbonyl (C=S) groups is 1. The van der Waals surface area contributed by atoms with E-state index in [4.69, 9.17) is 26.4 Å². The summed E-state index contributed by atoms with van der Waals surface area (Å²) in [5, 5.41) is 7.62. The molecule has 0 spiro atoms. The minimum Gasteiger partial charge on any atom is -0.493 e. The van der Waals surface area contributed by atoms with E-state index in [9.17, 15) is 0 Å². The molecule has 0 radical (unpaired) electrons. The summed E-state index contributed by atoms with van der Waals surface area (Å²) in [4.78, 5) is 0. The normalized spacial score (nSPS) is 10.5. The molecule has 3 aromatic rings. The zero-order chi connectivity index (χ0) is 21.9. The van der Waals surface area contributed by atoms with Gasteiger partial charge in [0.25, 0.3) is 0 Å². The number of para-hydroxylation sites is 1. The Balaban J connectivity index is 1.48. The van der Waals surface area contributed by atoms with Crippen molar-refractivity contribution in [1.29, 1.82) is 0 Å². The van der Waals surface area contributed by atoms with Crippen molar-refractivity contribution in [1.82, 2.24) is 5.43 Å². The van der Waals surface area contributed by atoms with Crippen LogP contribution < -0.4 is 25.0 Å². The first-order chi connectivity index (χ1) is 15.1. The van der Waals surface area contributed by atoms with Gasteiger partial charge < -0.3 is 19.5 Å². The van der Waals surface area contributed by atoms with E-state index in [2.05, 4.69) is 15.8 Å². The van der Waals surface area contributed by atoms with E-state index in [0.717, 1.165) is 22.6 Å². The van der Waals surface area contributed by atoms with E-state index in [-0.39, 0.29) is 0 Å². The second-order valence-electron chi connectivity index (χ2n) is 6.61. The number of benzene rings is 3. The molecule has 0 heterocycles. The van der Waals surface area contributed by atoms with Crippen molar-refractivity contribution in [2.75, 3.05) is 25.6 Å². The van der Waals surface area contributed by atoms with Crippen LogP contribution in [-0.2, 0) is 0 Å². The molecule has 31 heavy (non-hydrogen) atoms. The first-order valence-electron chi connectivity index (χ1n) is 9.79. The first kappa shape index (κ1) is 22.1. The van der Waals surface area contributed by atoms with Gasteiger partial charge >= 0.3 is 0 Å². The Labute approximate surface area is 187 Å². The van der Waals surface area contributed by atoms with Crippen LogP contribution in [0.1, 0.15) is 11.1 Å². The molecule has 0 aliphatic carbocycles. The summed E-state index contributed by atoms with van der Waals surface area (Å²) in [6, 6.07) is 23.1. The molecule has 0 unspecified atom stereocenters. The van der Waals surface area contributed by atoms with Crippen LogP contribution in [-0.4, -0.2) is 31.7 Å². The van der Waals surface area contributed by atoms with Gasteiger partial charge in [0, 0.05) is 5.69 Å². The average Bonchev–Trinajstić information content (AvgIpc) is 2.78. The zero-order valence-corrected chi connectivity index (χ0v) is 18.3. The van der Waals surface area contributed by atoms with Crippen LogP contribution >= 0.6 is 12.2 Å². The summed E-state index contributed by atoms with van der Waals surface area (Å²) >= 11 is 5.23. The van der Waals surface area contributed by atoms with Crippen LogP contribution in [0.4, 0.5) is 5.69 Å². The Morgan fingerprint density at radius 2 is 1.74 bits per heavy atom. The third-order valence-corrected chi connectivity index (χ3v) is 4.39. The van der Waals surface area contributed by atoms with E-state index < -0.39 is 0 Å². The molecule has 0 amide bonds. The minimum absolute atomic E-state index is 0.402. The van der Waals surface area contributed by atoms with Crippen molar-refractivity contribution in [2.24, 2.45) is 5.10 Å². The fourth-order valence-corrected chi connectivity index (χ4v) is 2.92. The van der Waals surface area contributed by atoms with Crippen molar-refractivity contribution >= 4 is 29.2 Å². The Bertz CT molecular complexity index is 1030. The lowest BCUT2D eigenvalue weighted by Gasteiger charge is -2.12. The Morgan fingerprint density at radius 3 is 2.52 bits per heavy atom. The highest BCUT2D eigenvalue weighted by molar-refractivity contribution is 7.80. The third-order valence-electron chi connectivity index (χ3n) is 4.20. The molecule has 0 saturated carbocycles. The quantitative estimate of drug-likeness (QED) is 0.218. The third kappa shape index (κ3) is 7.31. The maximum absolute atomic E-state index is 5.80. The smallest absolute Gasteiger partial charge is 0.191 e. The van der Waals surface area contributed by atoms with E-state index in [1.165, 1.54) is 0 Å². The highest BCUT2D eigenvalue weighted by atomic mass is 32.1. The molecule has 3 rings (SSSR count). The van der Waals surface area contributed by atoms with E-state index in [1.54, 1.807) is 13.3 Å². The largest absolute Gasteiger partial charge is 0.493 e. The van der Waals surface area contributed by atoms with Gasteiger partial charge in [-0.05, 0) is 72.7 Å². The van der Waals surface area contributed by atoms with Gasteiger partial charge in [-0.3, -0.25) is 5.43 Å². The number of aryl methyl sites for hydroxylation is 1. The Hall–Kier alpha value is -3.58. The molecule has 0 aromatic heterocycles. The van der Waals surface area contributed by atoms with E-state index in [1.807, 2.05) is 79.7 Å². The molecule has 160 valence electrons. The lowest BCUT2D eigenvalue weighted by atomic mass is 10.2. The molecular formula is C24H25N3O3S. The molecule has 0 aliphatic rings. The minimum atomic E-state index is 0.402. The summed E-state index contributed by atoms with van der Waals surface area (Å²) < 4.78 is 17.0. The molecule has 0 bridgehead atoms. The number of hydrogen-bond acceptors (Lipinski definition) is 5. The second kappa shape index (κ2) is 11.6. The molecule has 0 fully saturated rings. The molecule has 0 saturated heterocycles. The monoisotopic (exact) mass is 435 g/mol. The van der Waals surface area contributed by atoms with Crippen LogP contribution in [0.5, 0.6) is 17.2 Å². The SMILES string of the molecule is COc1cc(C=NNC(=S)Nc2ccccc2)ccc1OCCOc1cccc(C)c1. The number of nitrogens with one attached hydrogen (secondary N) is 2. The van der Waals surface area contributed by atoms with Crippen molar-refractivity contribution in [3.05, 3.63) is 83.9 Å². The Kier molecular flexibility index (Phi) is 8.25. The highest BCUT2D eigenvalue weighted by Gasteiger charge is 2.05. The number of hydrogen-bond donors (Lipinski definition) is 2. The molecule has 2 N–H and O–H groups in total. The lowest BCUT2D eigenvalue weighted by Crippen LogP contribution is -2.23. The summed E-state index contributed by atoms with van der Waals surface area (Å²) in [5.74, 6) is 2.08. The predicted octanol–water partition coefficient (Wildman–Crippen LogP) is 4.78. The maximum Gasteiger partial charge on any atom is 0.191 e. The molecule has 0 aliphatic heterocycles. The first-order valence-corrected chi connectivity index (χ1v) is 10.2. The van der Waals surface area contributed by atoms with E-state index in [0.29, 0.717) is 29.8 Å². The summed E-state index contributed by atoms with van der Waals surface area (Å²) in [6.45, 7) is 2.87. The van der Waals surface area contributed by atoms with Crippen molar-refractivity contribution in [3.8, 4) is 17.2 Å². The van der Waals surface area contributed by atoms with Crippen molar-refractivity contribution in [2.45, 2.75) is 6.92 Å². The maximum atomic E-state index is 5.80. The van der Waals surface area contributed by atoms with Gasteiger partial charge in [0.1, 0.15) is 19.0 Å². The van der Waals surface area contributed by atoms with Crippen LogP contribution in [0, 0.1) is 6.92 Å². The van der Waals surface area contributed by atoms with Gasteiger partial charge in [0.15, 0.2) is 16.6 Å². The molecule has 3 aromatic carbocycles. The van der Waals surface area contributed by atoms with E-state index >= 15 is 0 Å². The summed E-state index contributed by atoms with van der Waals surface area (Å²) in [5.41, 5.74) is 5.69. The van der Waals surface area contributed by atoms with Gasteiger partial charge in [-0.1, -0.05) is 30.3 Å². The highest BCUT2D eigenvalue weighted by Crippen LogP contribution is 2.27. The van der Waals surface area contributed by atoms with Gasteiger partial charge in [0.2, 0.25) is 0 Å². The van der Waals surface area contributed by atoms with Crippen LogP contribution in [0.15, 0.2) is 77.9 Å². The molecular weight excluding hydrogens is 410 g/mol. The number of ether oxygens (including phenoxy) is 3. The van der Waals surface area contributed by atoms with Gasteiger partial charge in [-0.25, -0.2) is 0 Å². The topological polar surface area (TPSA) is 64.1 Å². The number of anilines is 1. The van der Waals surface area contributed by atoms with Gasteiger partial charge in [-0.2, -0.15) is 5.10 Å². The van der Waals surface area contributed by atoms with Crippen LogP contribution in [0.25, 0.3) is 0 Å². The summed E-state index contributed by atoms with van der Waals surface area (Å²) in [6.07, 6.45) is 1.66. The van der Waals surface area contributed by atoms with Gasteiger partial charge in [-0.15, -0.1) is 0 Å². The Morgan fingerprint density at radius 1 is 0.935 bits per heavy atom. The predicted molar refractivity (Wildman–Crippen MR) is 129 cm³/mol. The van der Waals surface area contributed by atoms with Crippen molar-refractivity contribution < 1.29 is 14.2 Å². The molecule has 7 heteroatoms. The number of methoxy groups -OCH3 is 1. The number of hydrazone groups is 1. The fraction of sp³-hybridized carbons (Fsp3) is 0.167. The fourth-order valence-electron chi connectivity index (χ4n) is 2.75. The summed E-state index contributed by atoms with van der Waals surface area (Å²) in [7, 11) is 1.60. The van der Waals surface area contributed by atoms with Crippen LogP contribution in [0.2, 0.25) is 0 Å². The average molecular weight is 436 g/mol. The second-order valence-corrected chi connectivity index (χ2v) is 7.02. The molecule has 0 atom stereocenters. The lowest BCUT2D eigenvalue weighted by molar-refractivity contribution is 0.211. The van der Waals surface area contributed by atoms with Gasteiger partial charge in [0.05, 0.1) is 13.3 Å². The standard InChI is InChI=1S/C24H25N3O3S/c1-18-7-6-10-21(15-18)29-13-14-30-22-12-11-19(16-23(22)28-2)17-25-27-24(31)26-20-8-4-3-5-9-20/h3-12,15-17H,13-14H2,1-2H3,(H2,26,27,31). The number of nitrogens with zero attached hydrogens (tertiary/aromatic N) is 1.